The van der Waals surface area contributed by atoms with Gasteiger partial charge in [-0.1, -0.05) is 24.4 Å². The number of benzene rings is 1. The van der Waals surface area contributed by atoms with Gasteiger partial charge in [-0.3, -0.25) is 0 Å². The number of ether oxygens (including phenoxy) is 1. The van der Waals surface area contributed by atoms with Crippen molar-refractivity contribution in [1.82, 2.24) is 0 Å². The summed E-state index contributed by atoms with van der Waals surface area (Å²) >= 11 is 5.02. The summed E-state index contributed by atoms with van der Waals surface area (Å²) < 4.78 is 4.64. The van der Waals surface area contributed by atoms with Crippen molar-refractivity contribution >= 4 is 23.6 Å². The van der Waals surface area contributed by atoms with Gasteiger partial charge in [0.1, 0.15) is 0 Å². The number of methoxy groups -OCH3 is 1. The third-order valence-electron chi connectivity index (χ3n) is 2.90. The molecule has 2 rings (SSSR count). The minimum absolute atomic E-state index is 0.101. The number of hydrogen-bond acceptors (Lipinski definition) is 3. The van der Waals surface area contributed by atoms with Crippen LogP contribution in [0.25, 0.3) is 0 Å². The van der Waals surface area contributed by atoms with Crippen LogP contribution in [0.1, 0.15) is 28.8 Å². The Balaban J connectivity index is 2.25. The third-order valence-corrected chi connectivity index (χ3v) is 3.35. The van der Waals surface area contributed by atoms with Crippen molar-refractivity contribution in [2.24, 2.45) is 0 Å². The molecule has 0 aromatic heterocycles. The van der Waals surface area contributed by atoms with Gasteiger partial charge in [0.25, 0.3) is 0 Å². The molecule has 1 fully saturated rings. The van der Waals surface area contributed by atoms with Gasteiger partial charge in [0.05, 0.1) is 12.7 Å². The second-order valence-corrected chi connectivity index (χ2v) is 4.08. The van der Waals surface area contributed by atoms with Crippen molar-refractivity contribution in [2.75, 3.05) is 7.11 Å². The SMILES string of the molecule is COC(=O)c1ccc(C2(C=S)CC2)cc1. The Hall–Kier alpha value is -1.22. The zero-order valence-corrected chi connectivity index (χ0v) is 9.34. The molecule has 2 nitrogen and oxygen atoms in total. The lowest BCUT2D eigenvalue weighted by atomic mass is 9.97. The van der Waals surface area contributed by atoms with Crippen LogP contribution in [0.4, 0.5) is 0 Å². The Morgan fingerprint density at radius 3 is 2.40 bits per heavy atom. The Bertz CT molecular complexity index is 391. The maximum atomic E-state index is 11.2. The molecule has 0 bridgehead atoms. The van der Waals surface area contributed by atoms with Gasteiger partial charge in [-0.15, -0.1) is 0 Å². The van der Waals surface area contributed by atoms with Crippen LogP contribution in [-0.2, 0) is 10.2 Å². The summed E-state index contributed by atoms with van der Waals surface area (Å²) in [6.45, 7) is 0. The van der Waals surface area contributed by atoms with E-state index in [1.54, 1.807) is 12.1 Å². The lowest BCUT2D eigenvalue weighted by molar-refractivity contribution is 0.0600. The number of carbonyl (C=O) groups is 1. The van der Waals surface area contributed by atoms with Crippen LogP contribution in [0, 0.1) is 0 Å². The van der Waals surface area contributed by atoms with Crippen LogP contribution in [0.3, 0.4) is 0 Å². The number of esters is 1. The van der Waals surface area contributed by atoms with E-state index >= 15 is 0 Å². The van der Waals surface area contributed by atoms with Crippen molar-refractivity contribution in [2.45, 2.75) is 18.3 Å². The Morgan fingerprint density at radius 1 is 1.40 bits per heavy atom. The van der Waals surface area contributed by atoms with Gasteiger partial charge >= 0.3 is 5.97 Å². The van der Waals surface area contributed by atoms with Gasteiger partial charge in [-0.05, 0) is 35.9 Å². The second kappa shape index (κ2) is 3.74. The molecule has 1 aliphatic carbocycles. The van der Waals surface area contributed by atoms with Crippen molar-refractivity contribution in [3.05, 3.63) is 35.4 Å². The summed E-state index contributed by atoms with van der Waals surface area (Å²) in [7, 11) is 1.38. The zero-order valence-electron chi connectivity index (χ0n) is 8.53. The Morgan fingerprint density at radius 2 is 2.00 bits per heavy atom. The molecule has 3 heteroatoms. The first-order chi connectivity index (χ1) is 7.22. The molecule has 0 radical (unpaired) electrons. The molecular weight excluding hydrogens is 208 g/mol. The lowest BCUT2D eigenvalue weighted by Crippen LogP contribution is -2.07. The van der Waals surface area contributed by atoms with Crippen LogP contribution in [-0.4, -0.2) is 18.4 Å². The van der Waals surface area contributed by atoms with E-state index in [0.717, 1.165) is 12.8 Å². The van der Waals surface area contributed by atoms with Crippen LogP contribution in [0.15, 0.2) is 24.3 Å². The normalized spacial score (nSPS) is 16.9. The molecule has 78 valence electrons. The third kappa shape index (κ3) is 1.79. The molecule has 1 saturated carbocycles. The van der Waals surface area contributed by atoms with E-state index in [1.807, 2.05) is 17.5 Å². The predicted octanol–water partition coefficient (Wildman–Crippen LogP) is 2.50. The number of rotatable bonds is 3. The molecule has 0 saturated heterocycles. The summed E-state index contributed by atoms with van der Waals surface area (Å²) in [6.07, 6.45) is 2.24. The van der Waals surface area contributed by atoms with Crippen molar-refractivity contribution in [1.29, 1.82) is 0 Å². The van der Waals surface area contributed by atoms with Crippen LogP contribution in [0.5, 0.6) is 0 Å². The first-order valence-electron chi connectivity index (χ1n) is 4.87. The first-order valence-corrected chi connectivity index (χ1v) is 5.34. The van der Waals surface area contributed by atoms with E-state index in [9.17, 15) is 4.79 Å². The lowest BCUT2D eigenvalue weighted by Gasteiger charge is -2.09. The van der Waals surface area contributed by atoms with Gasteiger partial charge < -0.3 is 4.74 Å². The molecule has 0 spiro atoms. The predicted molar refractivity (Wildman–Crippen MR) is 62.3 cm³/mol. The smallest absolute Gasteiger partial charge is 0.337 e. The highest BCUT2D eigenvalue weighted by atomic mass is 32.1. The van der Waals surface area contributed by atoms with Gasteiger partial charge in [-0.2, -0.15) is 0 Å². The molecule has 0 heterocycles. The largest absolute Gasteiger partial charge is 0.465 e. The number of thiocarbonyl (C=S) groups is 1. The standard InChI is InChI=1S/C12H12O2S/c1-14-11(13)9-2-4-10(5-3-9)12(8-15)6-7-12/h2-5,8H,6-7H2,1H3. The quantitative estimate of drug-likeness (QED) is 0.578. The fourth-order valence-electron chi connectivity index (χ4n) is 1.67. The molecule has 0 unspecified atom stereocenters. The van der Waals surface area contributed by atoms with E-state index in [-0.39, 0.29) is 11.4 Å². The molecule has 0 atom stereocenters. The summed E-state index contributed by atoms with van der Waals surface area (Å²) in [5.41, 5.74) is 1.89. The Kier molecular flexibility index (Phi) is 2.57. The Labute approximate surface area is 94.2 Å². The monoisotopic (exact) mass is 220 g/mol. The van der Waals surface area contributed by atoms with Crippen molar-refractivity contribution in [3.8, 4) is 0 Å². The van der Waals surface area contributed by atoms with Gasteiger partial charge in [0.2, 0.25) is 0 Å². The molecule has 1 aromatic carbocycles. The number of hydrogen-bond donors (Lipinski definition) is 0. The molecule has 1 aromatic rings. The summed E-state index contributed by atoms with van der Waals surface area (Å²) in [4.78, 5) is 11.2. The van der Waals surface area contributed by atoms with E-state index < -0.39 is 0 Å². The maximum absolute atomic E-state index is 11.2. The molecule has 0 N–H and O–H groups in total. The van der Waals surface area contributed by atoms with Crippen molar-refractivity contribution < 1.29 is 9.53 Å². The van der Waals surface area contributed by atoms with Crippen LogP contribution in [0.2, 0.25) is 0 Å². The van der Waals surface area contributed by atoms with E-state index in [0.29, 0.717) is 5.56 Å². The van der Waals surface area contributed by atoms with Gasteiger partial charge in [0.15, 0.2) is 0 Å². The highest BCUT2D eigenvalue weighted by molar-refractivity contribution is 7.79. The summed E-state index contributed by atoms with van der Waals surface area (Å²) in [6, 6.07) is 7.50. The molecule has 1 aliphatic rings. The second-order valence-electron chi connectivity index (χ2n) is 3.84. The van der Waals surface area contributed by atoms with Gasteiger partial charge in [0, 0.05) is 5.41 Å². The van der Waals surface area contributed by atoms with E-state index in [4.69, 9.17) is 12.2 Å². The minimum atomic E-state index is -0.297. The molecular formula is C12H12O2S. The van der Waals surface area contributed by atoms with Crippen LogP contribution < -0.4 is 0 Å². The van der Waals surface area contributed by atoms with Crippen LogP contribution >= 0.6 is 12.2 Å². The molecule has 0 aliphatic heterocycles. The van der Waals surface area contributed by atoms with Gasteiger partial charge in [-0.25, -0.2) is 4.79 Å². The summed E-state index contributed by atoms with van der Waals surface area (Å²) in [5.74, 6) is -0.297. The maximum Gasteiger partial charge on any atom is 0.337 e. The van der Waals surface area contributed by atoms with Crippen molar-refractivity contribution in [3.63, 3.8) is 0 Å². The van der Waals surface area contributed by atoms with E-state index in [2.05, 4.69) is 4.74 Å². The highest BCUT2D eigenvalue weighted by Crippen LogP contribution is 2.46. The molecule has 0 amide bonds. The minimum Gasteiger partial charge on any atom is -0.465 e. The average molecular weight is 220 g/mol. The topological polar surface area (TPSA) is 26.3 Å². The number of carbonyl (C=O) groups excluding carboxylic acids is 1. The average Bonchev–Trinajstić information content (AvgIpc) is 3.09. The van der Waals surface area contributed by atoms with E-state index in [1.165, 1.54) is 12.7 Å². The highest BCUT2D eigenvalue weighted by Gasteiger charge is 2.41. The first kappa shape index (κ1) is 10.3. The summed E-state index contributed by atoms with van der Waals surface area (Å²) in [5, 5.41) is 1.83. The fraction of sp³-hybridized carbons (Fsp3) is 0.333. The zero-order chi connectivity index (χ0) is 10.9. The molecule has 15 heavy (non-hydrogen) atoms. The fourth-order valence-corrected chi connectivity index (χ4v) is 2.04.